The summed E-state index contributed by atoms with van der Waals surface area (Å²) in [5, 5.41) is 2.77. The van der Waals surface area contributed by atoms with Crippen LogP contribution in [0, 0.1) is 17.8 Å². The van der Waals surface area contributed by atoms with Crippen LogP contribution in [0.5, 0.6) is 0 Å². The Bertz CT molecular complexity index is 748. The number of carbonyl (C=O) groups is 1. The number of nitrogens with one attached hydrogen (secondary N) is 2. The molecule has 6 nitrogen and oxygen atoms in total. The topological polar surface area (TPSA) is 84.5 Å². The van der Waals surface area contributed by atoms with Gasteiger partial charge in [0.05, 0.1) is 4.90 Å². The van der Waals surface area contributed by atoms with Crippen LogP contribution >= 0.6 is 0 Å². The number of rotatable bonds is 9. The molecule has 2 aliphatic rings. The second-order valence-corrected chi connectivity index (χ2v) is 9.63. The molecule has 27 heavy (non-hydrogen) atoms. The second kappa shape index (κ2) is 8.71. The van der Waals surface area contributed by atoms with E-state index in [1.807, 2.05) is 6.92 Å². The summed E-state index contributed by atoms with van der Waals surface area (Å²) in [5.74, 6) is 1.80. The van der Waals surface area contributed by atoms with E-state index in [2.05, 4.69) is 10.0 Å². The molecule has 0 aromatic heterocycles. The van der Waals surface area contributed by atoms with Crippen LogP contribution in [0.25, 0.3) is 0 Å². The van der Waals surface area contributed by atoms with E-state index in [9.17, 15) is 13.2 Å². The first-order valence-corrected chi connectivity index (χ1v) is 11.3. The summed E-state index contributed by atoms with van der Waals surface area (Å²) in [7, 11) is -1.96. The van der Waals surface area contributed by atoms with Gasteiger partial charge in [-0.1, -0.05) is 6.42 Å². The van der Waals surface area contributed by atoms with Gasteiger partial charge < -0.3 is 10.1 Å². The molecule has 0 radical (unpaired) electrons. The van der Waals surface area contributed by atoms with E-state index in [1.54, 1.807) is 31.4 Å². The molecule has 4 atom stereocenters. The molecular formula is C20H30N2O4S. The Morgan fingerprint density at radius 3 is 2.56 bits per heavy atom. The summed E-state index contributed by atoms with van der Waals surface area (Å²) >= 11 is 0. The first kappa shape index (κ1) is 20.3. The number of methoxy groups -OCH3 is 1. The summed E-state index contributed by atoms with van der Waals surface area (Å²) in [4.78, 5) is 12.1. The number of anilines is 1. The van der Waals surface area contributed by atoms with E-state index in [4.69, 9.17) is 4.74 Å². The van der Waals surface area contributed by atoms with Crippen LogP contribution in [0.3, 0.4) is 0 Å². The van der Waals surface area contributed by atoms with Gasteiger partial charge in [-0.2, -0.15) is 0 Å². The molecule has 1 aromatic rings. The number of carbonyl (C=O) groups excluding carboxylic acids is 1. The van der Waals surface area contributed by atoms with Crippen molar-refractivity contribution >= 4 is 21.6 Å². The molecule has 0 saturated heterocycles. The molecule has 3 rings (SSSR count). The molecule has 0 heterocycles. The first-order chi connectivity index (χ1) is 12.9. The van der Waals surface area contributed by atoms with Gasteiger partial charge in [0, 0.05) is 31.9 Å². The van der Waals surface area contributed by atoms with Crippen LogP contribution in [0.4, 0.5) is 5.69 Å². The molecule has 0 unspecified atom stereocenters. The Morgan fingerprint density at radius 2 is 1.96 bits per heavy atom. The minimum Gasteiger partial charge on any atom is -0.385 e. The Morgan fingerprint density at radius 1 is 1.22 bits per heavy atom. The highest BCUT2D eigenvalue weighted by molar-refractivity contribution is 7.89. The smallest absolute Gasteiger partial charge is 0.240 e. The van der Waals surface area contributed by atoms with Crippen LogP contribution in [0.15, 0.2) is 29.2 Å². The zero-order valence-electron chi connectivity index (χ0n) is 16.1. The normalized spacial score (nSPS) is 25.5. The highest BCUT2D eigenvalue weighted by Gasteiger charge is 2.42. The van der Waals surface area contributed by atoms with Crippen molar-refractivity contribution in [1.29, 1.82) is 0 Å². The van der Waals surface area contributed by atoms with Crippen molar-refractivity contribution in [3.63, 3.8) is 0 Å². The van der Waals surface area contributed by atoms with Crippen molar-refractivity contribution in [1.82, 2.24) is 4.72 Å². The molecule has 2 fully saturated rings. The Kier molecular flexibility index (Phi) is 6.55. The molecule has 1 aromatic carbocycles. The number of sulfonamides is 1. The zero-order chi connectivity index (χ0) is 19.4. The first-order valence-electron chi connectivity index (χ1n) is 9.80. The molecule has 0 aliphatic heterocycles. The number of hydrogen-bond acceptors (Lipinski definition) is 4. The number of amides is 1. The van der Waals surface area contributed by atoms with Crippen molar-refractivity contribution in [3.05, 3.63) is 24.3 Å². The fourth-order valence-corrected chi connectivity index (χ4v) is 5.92. The second-order valence-electron chi connectivity index (χ2n) is 7.92. The van der Waals surface area contributed by atoms with E-state index in [1.165, 1.54) is 19.3 Å². The zero-order valence-corrected chi connectivity index (χ0v) is 16.9. The number of hydrogen-bond donors (Lipinski definition) is 2. The number of ether oxygens (including phenoxy) is 1. The van der Waals surface area contributed by atoms with Gasteiger partial charge in [-0.3, -0.25) is 4.79 Å². The maximum atomic E-state index is 12.7. The summed E-state index contributed by atoms with van der Waals surface area (Å²) in [6.45, 7) is 2.52. The van der Waals surface area contributed by atoms with Gasteiger partial charge in [-0.25, -0.2) is 13.1 Å². The van der Waals surface area contributed by atoms with Crippen molar-refractivity contribution in [3.8, 4) is 0 Å². The molecule has 2 N–H and O–H groups in total. The lowest BCUT2D eigenvalue weighted by molar-refractivity contribution is -0.116. The SMILES string of the molecule is COCCCC(=O)Nc1ccc(S(=O)(=O)N[C@H](C)[C@@H]2C[C@@H]3CC[C@@H]2C3)cc1. The van der Waals surface area contributed by atoms with Crippen molar-refractivity contribution in [2.75, 3.05) is 19.0 Å². The lowest BCUT2D eigenvalue weighted by atomic mass is 9.84. The number of fused-ring (bicyclic) bond motifs is 2. The third-order valence-electron chi connectivity index (χ3n) is 5.98. The fraction of sp³-hybridized carbons (Fsp3) is 0.650. The molecule has 7 heteroatoms. The minimum atomic E-state index is -3.56. The van der Waals surface area contributed by atoms with Crippen LogP contribution in [0.2, 0.25) is 0 Å². The summed E-state index contributed by atoms with van der Waals surface area (Å²) in [6, 6.07) is 6.29. The predicted octanol–water partition coefficient (Wildman–Crippen LogP) is 3.15. The van der Waals surface area contributed by atoms with Crippen molar-refractivity contribution in [2.24, 2.45) is 17.8 Å². The predicted molar refractivity (Wildman–Crippen MR) is 105 cm³/mol. The van der Waals surface area contributed by atoms with Crippen LogP contribution in [0.1, 0.15) is 45.4 Å². The van der Waals surface area contributed by atoms with E-state index in [-0.39, 0.29) is 16.8 Å². The molecule has 1 amide bonds. The number of benzene rings is 1. The molecule has 150 valence electrons. The third-order valence-corrected chi connectivity index (χ3v) is 7.55. The van der Waals surface area contributed by atoms with Gasteiger partial charge in [0.2, 0.25) is 15.9 Å². The van der Waals surface area contributed by atoms with E-state index in [0.29, 0.717) is 37.0 Å². The largest absolute Gasteiger partial charge is 0.385 e. The average Bonchev–Trinajstić information content (AvgIpc) is 3.25. The molecule has 2 saturated carbocycles. The van der Waals surface area contributed by atoms with Crippen molar-refractivity contribution < 1.29 is 17.9 Å². The lowest BCUT2D eigenvalue weighted by Crippen LogP contribution is -2.40. The maximum Gasteiger partial charge on any atom is 0.240 e. The Labute approximate surface area is 162 Å². The molecule has 2 bridgehead atoms. The quantitative estimate of drug-likeness (QED) is 0.630. The maximum absolute atomic E-state index is 12.7. The van der Waals surface area contributed by atoms with E-state index >= 15 is 0 Å². The van der Waals surface area contributed by atoms with Gasteiger partial charge in [0.1, 0.15) is 0 Å². The summed E-state index contributed by atoms with van der Waals surface area (Å²) < 4.78 is 33.2. The highest BCUT2D eigenvalue weighted by atomic mass is 32.2. The van der Waals surface area contributed by atoms with E-state index in [0.717, 1.165) is 12.3 Å². The van der Waals surface area contributed by atoms with Crippen LogP contribution in [-0.2, 0) is 19.6 Å². The van der Waals surface area contributed by atoms with Gasteiger partial charge in [0.25, 0.3) is 0 Å². The van der Waals surface area contributed by atoms with Crippen LogP contribution in [-0.4, -0.2) is 34.1 Å². The molecular weight excluding hydrogens is 364 g/mol. The monoisotopic (exact) mass is 394 g/mol. The van der Waals surface area contributed by atoms with Crippen molar-refractivity contribution in [2.45, 2.75) is 56.4 Å². The van der Waals surface area contributed by atoms with E-state index < -0.39 is 10.0 Å². The average molecular weight is 395 g/mol. The van der Waals surface area contributed by atoms with Gasteiger partial charge in [0.15, 0.2) is 0 Å². The highest BCUT2D eigenvalue weighted by Crippen LogP contribution is 2.49. The Balaban J connectivity index is 1.56. The fourth-order valence-electron chi connectivity index (χ4n) is 4.62. The van der Waals surface area contributed by atoms with Gasteiger partial charge >= 0.3 is 0 Å². The Hall–Kier alpha value is -1.44. The van der Waals surface area contributed by atoms with Gasteiger partial charge in [-0.15, -0.1) is 0 Å². The summed E-state index contributed by atoms with van der Waals surface area (Å²) in [6.07, 6.45) is 5.97. The standard InChI is InChI=1S/C20H30N2O4S/c1-14(19-13-15-5-6-16(19)12-15)22-27(24,25)18-9-7-17(8-10-18)21-20(23)4-3-11-26-2/h7-10,14-16,19,22H,3-6,11-13H2,1-2H3,(H,21,23)/t14-,15-,16-,19+/m1/s1. The summed E-state index contributed by atoms with van der Waals surface area (Å²) in [5.41, 5.74) is 0.595. The van der Waals surface area contributed by atoms with Crippen LogP contribution < -0.4 is 10.0 Å². The van der Waals surface area contributed by atoms with Gasteiger partial charge in [-0.05, 0) is 74.6 Å². The lowest BCUT2D eigenvalue weighted by Gasteiger charge is -2.28. The molecule has 2 aliphatic carbocycles. The third kappa shape index (κ3) is 5.09. The minimum absolute atomic E-state index is 0.0505. The molecule has 0 spiro atoms.